The van der Waals surface area contributed by atoms with Crippen LogP contribution in [-0.4, -0.2) is 41.5 Å². The molecule has 0 saturated carbocycles. The topological polar surface area (TPSA) is 126 Å². The molecule has 11 heteroatoms. The van der Waals surface area contributed by atoms with E-state index in [2.05, 4.69) is 14.3 Å². The van der Waals surface area contributed by atoms with E-state index in [1.165, 1.54) is 30.3 Å². The highest BCUT2D eigenvalue weighted by Crippen LogP contribution is 2.37. The molecule has 23 heavy (non-hydrogen) atoms. The molecule has 0 unspecified atom stereocenters. The van der Waals surface area contributed by atoms with Crippen LogP contribution in [0.2, 0.25) is 0 Å². The van der Waals surface area contributed by atoms with Gasteiger partial charge in [0.05, 0.1) is 30.5 Å². The standard InChI is InChI=1S/C12H14N4O6S/c1-15-7-13-12(14-15)9-4-8(6-22-23(3,19)20)5-10(16(17)18)11(9)21-2/h4-5,7H,6H2,1-3H3. The lowest BCUT2D eigenvalue weighted by atomic mass is 10.1. The minimum Gasteiger partial charge on any atom is -0.490 e. The van der Waals surface area contributed by atoms with Crippen molar-refractivity contribution < 1.29 is 22.3 Å². The van der Waals surface area contributed by atoms with Gasteiger partial charge in [-0.1, -0.05) is 0 Å². The molecule has 10 nitrogen and oxygen atoms in total. The highest BCUT2D eigenvalue weighted by atomic mass is 32.2. The van der Waals surface area contributed by atoms with Crippen molar-refractivity contribution >= 4 is 15.8 Å². The first-order valence-electron chi connectivity index (χ1n) is 6.27. The molecule has 1 heterocycles. The Morgan fingerprint density at radius 3 is 2.57 bits per heavy atom. The van der Waals surface area contributed by atoms with Crippen LogP contribution in [0.15, 0.2) is 18.5 Å². The van der Waals surface area contributed by atoms with Gasteiger partial charge in [-0.25, -0.2) is 4.98 Å². The molecule has 0 aliphatic heterocycles. The Morgan fingerprint density at radius 1 is 1.39 bits per heavy atom. The van der Waals surface area contributed by atoms with E-state index >= 15 is 0 Å². The first kappa shape index (κ1) is 16.8. The average Bonchev–Trinajstić information content (AvgIpc) is 2.89. The molecule has 2 rings (SSSR count). The number of hydrogen-bond acceptors (Lipinski definition) is 8. The number of ether oxygens (including phenoxy) is 1. The lowest BCUT2D eigenvalue weighted by Crippen LogP contribution is -2.04. The van der Waals surface area contributed by atoms with E-state index in [1.54, 1.807) is 7.05 Å². The zero-order chi connectivity index (χ0) is 17.2. The van der Waals surface area contributed by atoms with Crippen LogP contribution >= 0.6 is 0 Å². The fraction of sp³-hybridized carbons (Fsp3) is 0.333. The highest BCUT2D eigenvalue weighted by molar-refractivity contribution is 7.85. The van der Waals surface area contributed by atoms with Crippen molar-refractivity contribution in [3.8, 4) is 17.1 Å². The van der Waals surface area contributed by atoms with E-state index < -0.39 is 15.0 Å². The van der Waals surface area contributed by atoms with Crippen LogP contribution in [0.25, 0.3) is 11.4 Å². The molecule has 0 saturated heterocycles. The largest absolute Gasteiger partial charge is 0.490 e. The quantitative estimate of drug-likeness (QED) is 0.430. The summed E-state index contributed by atoms with van der Waals surface area (Å²) >= 11 is 0. The summed E-state index contributed by atoms with van der Waals surface area (Å²) in [4.78, 5) is 14.6. The van der Waals surface area contributed by atoms with Crippen LogP contribution in [0.3, 0.4) is 0 Å². The minimum absolute atomic E-state index is 0.00990. The second kappa shape index (κ2) is 6.30. The molecular formula is C12H14N4O6S. The van der Waals surface area contributed by atoms with E-state index in [1.807, 2.05) is 0 Å². The van der Waals surface area contributed by atoms with Crippen LogP contribution < -0.4 is 4.74 Å². The first-order valence-corrected chi connectivity index (χ1v) is 8.08. The third-order valence-corrected chi connectivity index (χ3v) is 3.36. The SMILES string of the molecule is COc1c(-c2ncn(C)n2)cc(COS(C)(=O)=O)cc1[N+](=O)[O-]. The molecule has 0 fully saturated rings. The van der Waals surface area contributed by atoms with Gasteiger partial charge < -0.3 is 4.74 Å². The average molecular weight is 342 g/mol. The maximum atomic E-state index is 11.2. The van der Waals surface area contributed by atoms with E-state index in [0.717, 1.165) is 6.26 Å². The number of hydrogen-bond donors (Lipinski definition) is 0. The fourth-order valence-corrected chi connectivity index (χ4v) is 2.26. The van der Waals surface area contributed by atoms with Gasteiger partial charge in [0, 0.05) is 13.1 Å². The van der Waals surface area contributed by atoms with Crippen molar-refractivity contribution in [2.24, 2.45) is 7.05 Å². The summed E-state index contributed by atoms with van der Waals surface area (Å²) in [5, 5.41) is 15.3. The van der Waals surface area contributed by atoms with Gasteiger partial charge in [-0.15, -0.1) is 0 Å². The Morgan fingerprint density at radius 2 is 2.09 bits per heavy atom. The predicted molar refractivity (Wildman–Crippen MR) is 79.3 cm³/mol. The van der Waals surface area contributed by atoms with E-state index in [4.69, 9.17) is 4.74 Å². The Hall–Kier alpha value is -2.53. The van der Waals surface area contributed by atoms with E-state index in [9.17, 15) is 18.5 Å². The lowest BCUT2D eigenvalue weighted by molar-refractivity contribution is -0.385. The molecule has 1 aromatic heterocycles. The van der Waals surface area contributed by atoms with Crippen molar-refractivity contribution in [3.05, 3.63) is 34.1 Å². The lowest BCUT2D eigenvalue weighted by Gasteiger charge is -2.09. The van der Waals surface area contributed by atoms with Gasteiger partial charge in [0.1, 0.15) is 6.33 Å². The second-order valence-corrected chi connectivity index (χ2v) is 6.30. The number of nitro groups is 1. The summed E-state index contributed by atoms with van der Waals surface area (Å²) in [5.74, 6) is 0.206. The number of aryl methyl sites for hydroxylation is 1. The molecular weight excluding hydrogens is 328 g/mol. The van der Waals surface area contributed by atoms with Crippen molar-refractivity contribution in [3.63, 3.8) is 0 Å². The Labute approximate surface area is 131 Å². The van der Waals surface area contributed by atoms with Gasteiger partial charge in [-0.2, -0.15) is 13.5 Å². The molecule has 2 aromatic rings. The van der Waals surface area contributed by atoms with E-state index in [-0.39, 0.29) is 35.0 Å². The smallest absolute Gasteiger partial charge is 0.312 e. The highest BCUT2D eigenvalue weighted by Gasteiger charge is 2.24. The fourth-order valence-electron chi connectivity index (χ4n) is 1.91. The molecule has 0 bridgehead atoms. The molecule has 0 radical (unpaired) electrons. The third kappa shape index (κ3) is 4.02. The molecule has 0 atom stereocenters. The van der Waals surface area contributed by atoms with Crippen LogP contribution in [-0.2, 0) is 28.0 Å². The number of nitrogens with zero attached hydrogens (tertiary/aromatic N) is 4. The molecule has 0 N–H and O–H groups in total. The molecule has 124 valence electrons. The summed E-state index contributed by atoms with van der Waals surface area (Å²) in [6.07, 6.45) is 2.33. The van der Waals surface area contributed by atoms with Crippen molar-refractivity contribution in [1.29, 1.82) is 0 Å². The maximum Gasteiger partial charge on any atom is 0.312 e. The zero-order valence-corrected chi connectivity index (χ0v) is 13.4. The predicted octanol–water partition coefficient (Wildman–Crippen LogP) is 0.875. The number of rotatable bonds is 6. The van der Waals surface area contributed by atoms with Crippen molar-refractivity contribution in [1.82, 2.24) is 14.8 Å². The number of benzene rings is 1. The first-order chi connectivity index (χ1) is 10.7. The van der Waals surface area contributed by atoms with Crippen molar-refractivity contribution in [2.75, 3.05) is 13.4 Å². The minimum atomic E-state index is -3.68. The molecule has 1 aromatic carbocycles. The zero-order valence-electron chi connectivity index (χ0n) is 12.6. The Balaban J connectivity index is 2.58. The Bertz CT molecular complexity index is 845. The van der Waals surface area contributed by atoms with Gasteiger partial charge in [0.25, 0.3) is 10.1 Å². The summed E-state index contributed by atoms with van der Waals surface area (Å²) in [6, 6.07) is 2.68. The van der Waals surface area contributed by atoms with Crippen molar-refractivity contribution in [2.45, 2.75) is 6.61 Å². The summed E-state index contributed by atoms with van der Waals surface area (Å²) in [7, 11) is -0.741. The van der Waals surface area contributed by atoms with Gasteiger partial charge in [-0.05, 0) is 11.6 Å². The monoisotopic (exact) mass is 342 g/mol. The van der Waals surface area contributed by atoms with Crippen LogP contribution in [0.5, 0.6) is 5.75 Å². The summed E-state index contributed by atoms with van der Waals surface area (Å²) < 4.78 is 33.4. The van der Waals surface area contributed by atoms with Crippen LogP contribution in [0.1, 0.15) is 5.56 Å². The maximum absolute atomic E-state index is 11.2. The molecule has 0 aliphatic rings. The van der Waals surface area contributed by atoms with Gasteiger partial charge >= 0.3 is 5.69 Å². The summed E-state index contributed by atoms with van der Waals surface area (Å²) in [5.41, 5.74) is 0.226. The molecule has 0 amide bonds. The van der Waals surface area contributed by atoms with Gasteiger partial charge in [-0.3, -0.25) is 19.0 Å². The van der Waals surface area contributed by atoms with Gasteiger partial charge in [0.15, 0.2) is 5.82 Å². The van der Waals surface area contributed by atoms with Crippen LogP contribution in [0, 0.1) is 10.1 Å². The molecule has 0 spiro atoms. The molecule has 0 aliphatic carbocycles. The van der Waals surface area contributed by atoms with Crippen LogP contribution in [0.4, 0.5) is 5.69 Å². The number of nitro benzene ring substituents is 1. The van der Waals surface area contributed by atoms with E-state index in [0.29, 0.717) is 0 Å². The third-order valence-electron chi connectivity index (χ3n) is 2.81. The Kier molecular flexibility index (Phi) is 4.61. The summed E-state index contributed by atoms with van der Waals surface area (Å²) in [6.45, 7) is -0.344. The number of methoxy groups -OCH3 is 1. The number of aromatic nitrogens is 3. The second-order valence-electron chi connectivity index (χ2n) is 4.66. The van der Waals surface area contributed by atoms with Gasteiger partial charge in [0.2, 0.25) is 5.75 Å². The normalized spacial score (nSPS) is 11.4.